The van der Waals surface area contributed by atoms with Crippen molar-refractivity contribution in [2.45, 2.75) is 26.1 Å². The number of carbonyl (C=O) groups excluding carboxylic acids is 1. The third-order valence-corrected chi connectivity index (χ3v) is 4.51. The molecule has 0 unspecified atom stereocenters. The summed E-state index contributed by atoms with van der Waals surface area (Å²) >= 11 is 0. The van der Waals surface area contributed by atoms with Gasteiger partial charge in [0.05, 0.1) is 24.0 Å². The minimum Gasteiger partial charge on any atom is -0.475 e. The number of amides is 1. The highest BCUT2D eigenvalue weighted by atomic mass is 19.4. The van der Waals surface area contributed by atoms with Gasteiger partial charge in [-0.1, -0.05) is 6.07 Å². The Hall–Kier alpha value is -3.50. The van der Waals surface area contributed by atoms with Crippen LogP contribution in [0.15, 0.2) is 48.9 Å². The van der Waals surface area contributed by atoms with Crippen LogP contribution in [0.25, 0.3) is 5.69 Å². The van der Waals surface area contributed by atoms with Crippen molar-refractivity contribution in [1.29, 1.82) is 0 Å². The fourth-order valence-electron chi connectivity index (χ4n) is 2.96. The lowest BCUT2D eigenvalue weighted by Crippen LogP contribution is -2.42. The highest BCUT2D eigenvalue weighted by Crippen LogP contribution is 2.29. The highest BCUT2D eigenvalue weighted by molar-refractivity contribution is 5.98. The van der Waals surface area contributed by atoms with E-state index in [0.717, 1.165) is 16.9 Å². The largest absolute Gasteiger partial charge is 0.475 e. The van der Waals surface area contributed by atoms with Gasteiger partial charge < -0.3 is 9.64 Å². The molecule has 0 aliphatic heterocycles. The summed E-state index contributed by atoms with van der Waals surface area (Å²) in [6, 6.07) is 5.58. The van der Waals surface area contributed by atoms with Crippen LogP contribution < -0.4 is 4.74 Å². The van der Waals surface area contributed by atoms with Crippen LogP contribution in [-0.4, -0.2) is 50.0 Å². The average Bonchev–Trinajstić information content (AvgIpc) is 3.27. The van der Waals surface area contributed by atoms with E-state index in [0.29, 0.717) is 6.20 Å². The van der Waals surface area contributed by atoms with Gasteiger partial charge in [-0.3, -0.25) is 4.79 Å². The zero-order valence-electron chi connectivity index (χ0n) is 16.7. The topological polar surface area (TPSA) is 73.1 Å². The first-order valence-electron chi connectivity index (χ1n) is 9.34. The Labute approximate surface area is 175 Å². The van der Waals surface area contributed by atoms with Gasteiger partial charge in [0.2, 0.25) is 5.88 Å². The lowest BCUT2D eigenvalue weighted by Gasteiger charge is -2.28. The summed E-state index contributed by atoms with van der Waals surface area (Å²) in [7, 11) is 0. The number of nitrogens with zero attached hydrogens (tertiary/aromatic N) is 5. The fourth-order valence-corrected chi connectivity index (χ4v) is 2.96. The van der Waals surface area contributed by atoms with E-state index >= 15 is 0 Å². The number of carbonyl (C=O) groups is 1. The van der Waals surface area contributed by atoms with E-state index in [9.17, 15) is 22.4 Å². The van der Waals surface area contributed by atoms with Crippen LogP contribution in [-0.2, 0) is 6.18 Å². The molecule has 0 aliphatic rings. The minimum atomic E-state index is -4.49. The molecule has 2 heterocycles. The van der Waals surface area contributed by atoms with Gasteiger partial charge in [0.15, 0.2) is 0 Å². The van der Waals surface area contributed by atoms with Gasteiger partial charge in [-0.25, -0.2) is 9.37 Å². The van der Waals surface area contributed by atoms with E-state index in [1.165, 1.54) is 35.5 Å². The van der Waals surface area contributed by atoms with E-state index in [2.05, 4.69) is 15.2 Å². The Morgan fingerprint density at radius 3 is 2.48 bits per heavy atom. The normalized spacial score (nSPS) is 12.5. The summed E-state index contributed by atoms with van der Waals surface area (Å²) < 4.78 is 57.9. The van der Waals surface area contributed by atoms with Crippen molar-refractivity contribution in [3.63, 3.8) is 0 Å². The second-order valence-corrected chi connectivity index (χ2v) is 6.59. The summed E-state index contributed by atoms with van der Waals surface area (Å²) in [6.45, 7) is 3.58. The second-order valence-electron chi connectivity index (χ2n) is 6.59. The van der Waals surface area contributed by atoms with E-state index < -0.39 is 29.5 Å². The van der Waals surface area contributed by atoms with Gasteiger partial charge >= 0.3 is 6.18 Å². The molecule has 0 aliphatic carbocycles. The van der Waals surface area contributed by atoms with Crippen LogP contribution in [0.1, 0.15) is 29.8 Å². The third-order valence-electron chi connectivity index (χ3n) is 4.51. The van der Waals surface area contributed by atoms with E-state index in [4.69, 9.17) is 4.74 Å². The van der Waals surface area contributed by atoms with Crippen LogP contribution in [0.2, 0.25) is 0 Å². The predicted molar refractivity (Wildman–Crippen MR) is 102 cm³/mol. The van der Waals surface area contributed by atoms with Gasteiger partial charge in [-0.15, -0.1) is 0 Å². The molecule has 0 saturated heterocycles. The molecule has 0 saturated carbocycles. The summed E-state index contributed by atoms with van der Waals surface area (Å²) in [5.74, 6) is -1.34. The predicted octanol–water partition coefficient (Wildman–Crippen LogP) is 3.75. The van der Waals surface area contributed by atoms with Crippen LogP contribution in [0, 0.1) is 5.82 Å². The zero-order valence-corrected chi connectivity index (χ0v) is 16.7. The van der Waals surface area contributed by atoms with Gasteiger partial charge in [-0.05, 0) is 32.0 Å². The van der Waals surface area contributed by atoms with Gasteiger partial charge in [-0.2, -0.15) is 28.2 Å². The number of ether oxygens (including phenoxy) is 1. The van der Waals surface area contributed by atoms with Crippen molar-refractivity contribution in [2.75, 3.05) is 13.2 Å². The molecule has 1 aromatic carbocycles. The first-order valence-corrected chi connectivity index (χ1v) is 9.34. The first kappa shape index (κ1) is 22.2. The lowest BCUT2D eigenvalue weighted by molar-refractivity contribution is -0.137. The molecule has 0 fully saturated rings. The Morgan fingerprint density at radius 2 is 1.90 bits per heavy atom. The van der Waals surface area contributed by atoms with Crippen LogP contribution in [0.3, 0.4) is 0 Å². The van der Waals surface area contributed by atoms with Gasteiger partial charge in [0.25, 0.3) is 5.91 Å². The number of aromatic nitrogens is 4. The van der Waals surface area contributed by atoms with Crippen molar-refractivity contribution in [3.05, 3.63) is 65.9 Å². The molecule has 3 aromatic rings. The number of hydrogen-bond acceptors (Lipinski definition) is 5. The van der Waals surface area contributed by atoms with Crippen molar-refractivity contribution in [2.24, 2.45) is 0 Å². The number of benzene rings is 1. The summed E-state index contributed by atoms with van der Waals surface area (Å²) in [5, 5.41) is 7.91. The number of alkyl halides is 3. The van der Waals surface area contributed by atoms with Crippen LogP contribution in [0.5, 0.6) is 5.88 Å². The summed E-state index contributed by atoms with van der Waals surface area (Å²) in [4.78, 5) is 19.3. The van der Waals surface area contributed by atoms with Crippen molar-refractivity contribution >= 4 is 5.91 Å². The number of rotatable bonds is 7. The molecule has 11 heteroatoms. The Bertz CT molecular complexity index is 1020. The van der Waals surface area contributed by atoms with E-state index in [1.807, 2.05) is 0 Å². The molecule has 7 nitrogen and oxygen atoms in total. The molecule has 0 bridgehead atoms. The average molecular weight is 437 g/mol. The number of pyridine rings is 1. The molecular weight excluding hydrogens is 418 g/mol. The maximum atomic E-state index is 14.6. The molecule has 3 rings (SSSR count). The zero-order chi connectivity index (χ0) is 22.6. The Balaban J connectivity index is 1.76. The molecule has 31 heavy (non-hydrogen) atoms. The molecule has 0 N–H and O–H groups in total. The molecule has 2 aromatic heterocycles. The highest BCUT2D eigenvalue weighted by Gasteiger charge is 2.31. The van der Waals surface area contributed by atoms with E-state index in [-0.39, 0.29) is 30.3 Å². The van der Waals surface area contributed by atoms with Crippen LogP contribution in [0.4, 0.5) is 17.6 Å². The van der Waals surface area contributed by atoms with Crippen molar-refractivity contribution in [3.8, 4) is 11.6 Å². The Morgan fingerprint density at radius 1 is 1.19 bits per heavy atom. The quantitative estimate of drug-likeness (QED) is 0.527. The van der Waals surface area contributed by atoms with Gasteiger partial charge in [0, 0.05) is 18.8 Å². The smallest absolute Gasteiger partial charge is 0.417 e. The summed E-state index contributed by atoms with van der Waals surface area (Å²) in [5.41, 5.74) is -0.899. The Kier molecular flexibility index (Phi) is 6.52. The standard InChI is InChI=1S/C20H19F4N5O2/c1-3-28(13(2)12-31-17-8-7-14(11-25-17)20(22,23)24)19(30)18-15(21)5-4-6-16(18)29-26-9-10-27-29/h4-11,13H,3,12H2,1-2H3/t13-/m0/s1. The lowest BCUT2D eigenvalue weighted by atomic mass is 10.1. The van der Waals surface area contributed by atoms with E-state index in [1.54, 1.807) is 13.8 Å². The first-order chi connectivity index (χ1) is 14.7. The number of halogens is 4. The number of likely N-dealkylation sites (N-methyl/N-ethyl adjacent to an activating group) is 1. The maximum Gasteiger partial charge on any atom is 0.417 e. The molecule has 0 spiro atoms. The molecule has 1 amide bonds. The van der Waals surface area contributed by atoms with Crippen molar-refractivity contribution < 1.29 is 27.1 Å². The SMILES string of the molecule is CCN(C(=O)c1c(F)cccc1-n1nccn1)[C@@H](C)COc1ccc(C(F)(F)F)cn1. The molecule has 1 atom stereocenters. The maximum absolute atomic E-state index is 14.6. The second kappa shape index (κ2) is 9.11. The third kappa shape index (κ3) is 4.98. The minimum absolute atomic E-state index is 0.0179. The monoisotopic (exact) mass is 437 g/mol. The van der Waals surface area contributed by atoms with Crippen LogP contribution >= 0.6 is 0 Å². The van der Waals surface area contributed by atoms with Crippen molar-refractivity contribution in [1.82, 2.24) is 24.9 Å². The molecule has 0 radical (unpaired) electrons. The fraction of sp³-hybridized carbons (Fsp3) is 0.300. The van der Waals surface area contributed by atoms with Gasteiger partial charge in [0.1, 0.15) is 23.7 Å². The molecular formula is C20H19F4N5O2. The molecule has 164 valence electrons. The number of hydrogen-bond donors (Lipinski definition) is 0. The summed E-state index contributed by atoms with van der Waals surface area (Å²) in [6.07, 6.45) is -1.01.